The number of carbonyl (C=O) groups is 1. The molecule has 2 aromatic carbocycles. The first-order chi connectivity index (χ1) is 9.88. The Morgan fingerprint density at radius 1 is 1.00 bits per heavy atom. The van der Waals surface area contributed by atoms with Crippen molar-refractivity contribution in [2.45, 2.75) is 26.6 Å². The van der Waals surface area contributed by atoms with E-state index in [0.29, 0.717) is 16.9 Å². The molecule has 1 aliphatic heterocycles. The zero-order valence-electron chi connectivity index (χ0n) is 12.4. The Balaban J connectivity index is 2.25. The van der Waals surface area contributed by atoms with E-state index in [2.05, 4.69) is 0 Å². The molecule has 108 valence electrons. The minimum Gasteiger partial charge on any atom is -0.456 e. The number of aliphatic hydroxyl groups is 1. The highest BCUT2D eigenvalue weighted by Crippen LogP contribution is 2.49. The first-order valence-electron chi connectivity index (χ1n) is 6.99. The van der Waals surface area contributed by atoms with Crippen molar-refractivity contribution in [3.63, 3.8) is 0 Å². The lowest BCUT2D eigenvalue weighted by molar-refractivity contribution is -0.210. The standard InChI is InChI=1S/C18H18O3/c1-12-8-4-6-10-14(12)18(20)17(2,3)16(19)13-9-5-7-11-15(13)21-18/h4-11,20H,1-3H3. The van der Waals surface area contributed by atoms with Gasteiger partial charge in [0.25, 0.3) is 0 Å². The fourth-order valence-corrected chi connectivity index (χ4v) is 2.87. The molecule has 1 unspecified atom stereocenters. The number of Topliss-reactive ketones (excluding diaryl/α,β-unsaturated/α-hetero) is 1. The van der Waals surface area contributed by atoms with Gasteiger partial charge < -0.3 is 9.84 Å². The molecular weight excluding hydrogens is 264 g/mol. The number of aryl methyl sites for hydroxylation is 1. The van der Waals surface area contributed by atoms with Crippen LogP contribution in [0.1, 0.15) is 35.3 Å². The first-order valence-corrected chi connectivity index (χ1v) is 6.99. The molecule has 3 nitrogen and oxygen atoms in total. The molecule has 0 aromatic heterocycles. The fraction of sp³-hybridized carbons (Fsp3) is 0.278. The molecule has 1 aliphatic rings. The van der Waals surface area contributed by atoms with Gasteiger partial charge in [-0.25, -0.2) is 0 Å². The highest BCUT2D eigenvalue weighted by atomic mass is 16.6. The minimum atomic E-state index is -1.68. The van der Waals surface area contributed by atoms with Crippen LogP contribution in [0.2, 0.25) is 0 Å². The highest BCUT2D eigenvalue weighted by Gasteiger charge is 2.56. The number of para-hydroxylation sites is 1. The molecular formula is C18H18O3. The average molecular weight is 282 g/mol. The summed E-state index contributed by atoms with van der Waals surface area (Å²) < 4.78 is 5.91. The van der Waals surface area contributed by atoms with E-state index in [-0.39, 0.29) is 5.78 Å². The van der Waals surface area contributed by atoms with Crippen molar-refractivity contribution >= 4 is 5.78 Å². The van der Waals surface area contributed by atoms with Crippen molar-refractivity contribution in [1.82, 2.24) is 0 Å². The molecule has 3 rings (SSSR count). The Morgan fingerprint density at radius 3 is 2.33 bits per heavy atom. The monoisotopic (exact) mass is 282 g/mol. The van der Waals surface area contributed by atoms with E-state index in [0.717, 1.165) is 5.56 Å². The van der Waals surface area contributed by atoms with Crippen LogP contribution in [-0.4, -0.2) is 10.9 Å². The van der Waals surface area contributed by atoms with Gasteiger partial charge in [-0.05, 0) is 38.5 Å². The second-order valence-electron chi connectivity index (χ2n) is 6.01. The molecule has 1 N–H and O–H groups in total. The summed E-state index contributed by atoms with van der Waals surface area (Å²) in [6.07, 6.45) is 0. The van der Waals surface area contributed by atoms with Crippen molar-refractivity contribution in [1.29, 1.82) is 0 Å². The summed E-state index contributed by atoms with van der Waals surface area (Å²) in [7, 11) is 0. The molecule has 0 amide bonds. The third kappa shape index (κ3) is 1.81. The van der Waals surface area contributed by atoms with Gasteiger partial charge in [0.05, 0.1) is 11.0 Å². The Morgan fingerprint density at radius 2 is 1.62 bits per heavy atom. The van der Waals surface area contributed by atoms with E-state index >= 15 is 0 Å². The van der Waals surface area contributed by atoms with Gasteiger partial charge >= 0.3 is 0 Å². The topological polar surface area (TPSA) is 46.5 Å². The summed E-state index contributed by atoms with van der Waals surface area (Å²) in [6, 6.07) is 14.5. The molecule has 0 spiro atoms. The SMILES string of the molecule is Cc1ccccc1C1(O)Oc2ccccc2C(=O)C1(C)C. The van der Waals surface area contributed by atoms with Gasteiger partial charge in [0, 0.05) is 5.56 Å². The Hall–Kier alpha value is -2.13. The van der Waals surface area contributed by atoms with Gasteiger partial charge in [-0.2, -0.15) is 0 Å². The first kappa shape index (κ1) is 13.8. The molecule has 0 aliphatic carbocycles. The Kier molecular flexibility index (Phi) is 2.92. The van der Waals surface area contributed by atoms with Gasteiger partial charge in [-0.15, -0.1) is 0 Å². The van der Waals surface area contributed by atoms with Gasteiger partial charge in [0.2, 0.25) is 5.79 Å². The smallest absolute Gasteiger partial charge is 0.247 e. The van der Waals surface area contributed by atoms with Gasteiger partial charge in [0.1, 0.15) is 5.75 Å². The van der Waals surface area contributed by atoms with Crippen LogP contribution >= 0.6 is 0 Å². The minimum absolute atomic E-state index is 0.116. The number of carbonyl (C=O) groups excluding carboxylic acids is 1. The van der Waals surface area contributed by atoms with E-state index in [1.54, 1.807) is 44.2 Å². The maximum absolute atomic E-state index is 12.8. The Bertz CT molecular complexity index is 718. The van der Waals surface area contributed by atoms with Crippen LogP contribution in [0.15, 0.2) is 48.5 Å². The number of hydrogen-bond acceptors (Lipinski definition) is 3. The number of benzene rings is 2. The lowest BCUT2D eigenvalue weighted by atomic mass is 9.71. The van der Waals surface area contributed by atoms with Crippen molar-refractivity contribution < 1.29 is 14.6 Å². The van der Waals surface area contributed by atoms with Crippen LogP contribution in [0.4, 0.5) is 0 Å². The number of rotatable bonds is 1. The summed E-state index contributed by atoms with van der Waals surface area (Å²) >= 11 is 0. The summed E-state index contributed by atoms with van der Waals surface area (Å²) in [6.45, 7) is 5.34. The molecule has 0 saturated heterocycles. The van der Waals surface area contributed by atoms with Crippen molar-refractivity contribution in [3.05, 3.63) is 65.2 Å². The maximum Gasteiger partial charge on any atom is 0.247 e. The molecule has 2 aromatic rings. The number of ether oxygens (including phenoxy) is 1. The van der Waals surface area contributed by atoms with E-state index < -0.39 is 11.2 Å². The summed E-state index contributed by atoms with van der Waals surface area (Å²) in [4.78, 5) is 12.8. The molecule has 0 fully saturated rings. The predicted octanol–water partition coefficient (Wildman–Crippen LogP) is 3.44. The average Bonchev–Trinajstić information content (AvgIpc) is 2.46. The highest BCUT2D eigenvalue weighted by molar-refractivity contribution is 6.04. The fourth-order valence-electron chi connectivity index (χ4n) is 2.87. The van der Waals surface area contributed by atoms with Gasteiger partial charge in [-0.1, -0.05) is 36.4 Å². The van der Waals surface area contributed by atoms with Crippen LogP contribution < -0.4 is 4.74 Å². The Labute approximate surface area is 124 Å². The largest absolute Gasteiger partial charge is 0.456 e. The van der Waals surface area contributed by atoms with E-state index in [9.17, 15) is 9.90 Å². The molecule has 21 heavy (non-hydrogen) atoms. The third-order valence-electron chi connectivity index (χ3n) is 4.31. The normalized spacial score (nSPS) is 23.3. The predicted molar refractivity (Wildman–Crippen MR) is 80.3 cm³/mol. The van der Waals surface area contributed by atoms with Crippen molar-refractivity contribution in [3.8, 4) is 5.75 Å². The van der Waals surface area contributed by atoms with Crippen LogP contribution in [-0.2, 0) is 5.79 Å². The lowest BCUT2D eigenvalue weighted by Gasteiger charge is -2.45. The summed E-state index contributed by atoms with van der Waals surface area (Å²) in [5.74, 6) is -1.37. The molecule has 0 saturated carbocycles. The maximum atomic E-state index is 12.8. The van der Waals surface area contributed by atoms with E-state index in [1.807, 2.05) is 25.1 Å². The molecule has 1 atom stereocenters. The van der Waals surface area contributed by atoms with Crippen LogP contribution in [0.5, 0.6) is 5.75 Å². The molecule has 0 radical (unpaired) electrons. The van der Waals surface area contributed by atoms with Crippen LogP contribution in [0.3, 0.4) is 0 Å². The summed E-state index contributed by atoms with van der Waals surface area (Å²) in [5.41, 5.74) is 0.951. The molecule has 1 heterocycles. The zero-order valence-corrected chi connectivity index (χ0v) is 12.4. The third-order valence-corrected chi connectivity index (χ3v) is 4.31. The van der Waals surface area contributed by atoms with Gasteiger partial charge in [-0.3, -0.25) is 4.79 Å². The zero-order chi connectivity index (χ0) is 15.3. The summed E-state index contributed by atoms with van der Waals surface area (Å²) in [5, 5.41) is 11.2. The van der Waals surface area contributed by atoms with Crippen molar-refractivity contribution in [2.75, 3.05) is 0 Å². The number of fused-ring (bicyclic) bond motifs is 1. The van der Waals surface area contributed by atoms with Crippen molar-refractivity contribution in [2.24, 2.45) is 5.41 Å². The van der Waals surface area contributed by atoms with E-state index in [1.165, 1.54) is 0 Å². The van der Waals surface area contributed by atoms with E-state index in [4.69, 9.17) is 4.74 Å². The second kappa shape index (κ2) is 4.43. The van der Waals surface area contributed by atoms with Crippen LogP contribution in [0.25, 0.3) is 0 Å². The van der Waals surface area contributed by atoms with Crippen LogP contribution in [0, 0.1) is 12.3 Å². The second-order valence-corrected chi connectivity index (χ2v) is 6.01. The number of hydrogen-bond donors (Lipinski definition) is 1. The molecule has 0 bridgehead atoms. The van der Waals surface area contributed by atoms with Gasteiger partial charge in [0.15, 0.2) is 5.78 Å². The lowest BCUT2D eigenvalue weighted by Crippen LogP contribution is -2.54. The molecule has 3 heteroatoms. The number of ketones is 1. The quantitative estimate of drug-likeness (QED) is 0.871.